The zero-order valence-corrected chi connectivity index (χ0v) is 13.4. The molecule has 1 saturated heterocycles. The molecule has 3 unspecified atom stereocenters. The summed E-state index contributed by atoms with van der Waals surface area (Å²) >= 11 is 3.90. The van der Waals surface area contributed by atoms with Gasteiger partial charge in [0.15, 0.2) is 0 Å². The van der Waals surface area contributed by atoms with Crippen LogP contribution in [0.5, 0.6) is 5.75 Å². The molecule has 2 nitrogen and oxygen atoms in total. The van der Waals surface area contributed by atoms with Gasteiger partial charge in [-0.1, -0.05) is 46.3 Å². The topological polar surface area (TPSA) is 18.5 Å². The highest BCUT2D eigenvalue weighted by molar-refractivity contribution is 9.09. The van der Waals surface area contributed by atoms with Crippen molar-refractivity contribution in [3.05, 3.63) is 42.0 Å². The van der Waals surface area contributed by atoms with E-state index in [1.807, 2.05) is 0 Å². The summed E-state index contributed by atoms with van der Waals surface area (Å²) in [5.41, 5.74) is 1.32. The molecular weight excluding hydrogens is 316 g/mol. The predicted octanol–water partition coefficient (Wildman–Crippen LogP) is 4.71. The molecule has 0 spiro atoms. The number of alkyl halides is 1. The highest BCUT2D eigenvalue weighted by Gasteiger charge is 2.32. The summed E-state index contributed by atoms with van der Waals surface area (Å²) in [6, 6.07) is 12.7. The van der Waals surface area contributed by atoms with E-state index in [2.05, 4.69) is 59.3 Å². The van der Waals surface area contributed by atoms with Crippen LogP contribution in [-0.4, -0.2) is 19.8 Å². The van der Waals surface area contributed by atoms with Crippen molar-refractivity contribution in [3.8, 4) is 5.75 Å². The molecule has 3 atom stereocenters. The molecule has 0 saturated carbocycles. The quantitative estimate of drug-likeness (QED) is 0.757. The lowest BCUT2D eigenvalue weighted by atomic mass is 9.90. The molecule has 106 valence electrons. The predicted molar refractivity (Wildman–Crippen MR) is 85.7 cm³/mol. The second-order valence-electron chi connectivity index (χ2n) is 5.33. The number of fused-ring (bicyclic) bond motifs is 1. The van der Waals surface area contributed by atoms with Crippen molar-refractivity contribution in [2.75, 3.05) is 13.7 Å². The second kappa shape index (κ2) is 5.74. The molecule has 0 bridgehead atoms. The van der Waals surface area contributed by atoms with Crippen molar-refractivity contribution < 1.29 is 9.47 Å². The van der Waals surface area contributed by atoms with E-state index < -0.39 is 0 Å². The molecule has 0 aromatic heterocycles. The number of rotatable bonds is 3. The number of methoxy groups -OCH3 is 1. The van der Waals surface area contributed by atoms with E-state index in [4.69, 9.17) is 9.47 Å². The average molecular weight is 335 g/mol. The summed E-state index contributed by atoms with van der Waals surface area (Å²) in [7, 11) is 1.72. The molecular formula is C17H19BrO2. The monoisotopic (exact) mass is 334 g/mol. The van der Waals surface area contributed by atoms with E-state index in [0.717, 1.165) is 18.8 Å². The highest BCUT2D eigenvalue weighted by Crippen LogP contribution is 2.43. The van der Waals surface area contributed by atoms with Crippen LogP contribution in [0.3, 0.4) is 0 Å². The first-order valence-electron chi connectivity index (χ1n) is 7.03. The molecule has 1 aliphatic rings. The third kappa shape index (κ3) is 2.33. The van der Waals surface area contributed by atoms with Crippen LogP contribution in [0.2, 0.25) is 0 Å². The SMILES string of the molecule is COc1ccc(C(Br)C2CCOC2C)c2ccccc12. The number of halogens is 1. The molecule has 0 aliphatic carbocycles. The fraction of sp³-hybridized carbons (Fsp3) is 0.412. The summed E-state index contributed by atoms with van der Waals surface area (Å²) in [6.07, 6.45) is 1.41. The van der Waals surface area contributed by atoms with Crippen LogP contribution < -0.4 is 4.74 Å². The van der Waals surface area contributed by atoms with Gasteiger partial charge in [-0.25, -0.2) is 0 Å². The zero-order chi connectivity index (χ0) is 14.1. The summed E-state index contributed by atoms with van der Waals surface area (Å²) in [5.74, 6) is 1.45. The molecule has 1 heterocycles. The molecule has 0 amide bonds. The van der Waals surface area contributed by atoms with Crippen molar-refractivity contribution in [1.82, 2.24) is 0 Å². The molecule has 2 aromatic carbocycles. The Morgan fingerprint density at radius 2 is 1.95 bits per heavy atom. The van der Waals surface area contributed by atoms with Crippen LogP contribution in [0.4, 0.5) is 0 Å². The average Bonchev–Trinajstić information content (AvgIpc) is 2.91. The minimum absolute atomic E-state index is 0.306. The Morgan fingerprint density at radius 3 is 2.60 bits per heavy atom. The van der Waals surface area contributed by atoms with Gasteiger partial charge in [0.1, 0.15) is 5.75 Å². The fourth-order valence-corrected chi connectivity index (χ4v) is 4.17. The van der Waals surface area contributed by atoms with E-state index in [-0.39, 0.29) is 0 Å². The minimum atomic E-state index is 0.306. The summed E-state index contributed by atoms with van der Waals surface area (Å²) < 4.78 is 11.2. The number of ether oxygens (including phenoxy) is 2. The van der Waals surface area contributed by atoms with Gasteiger partial charge in [-0.05, 0) is 30.4 Å². The van der Waals surface area contributed by atoms with Crippen LogP contribution in [0.1, 0.15) is 23.7 Å². The first-order valence-corrected chi connectivity index (χ1v) is 7.95. The first kappa shape index (κ1) is 13.9. The molecule has 20 heavy (non-hydrogen) atoms. The number of hydrogen-bond donors (Lipinski definition) is 0. The maximum absolute atomic E-state index is 5.71. The lowest BCUT2D eigenvalue weighted by Crippen LogP contribution is -2.16. The zero-order valence-electron chi connectivity index (χ0n) is 11.8. The molecule has 1 fully saturated rings. The molecule has 1 aliphatic heterocycles. The third-order valence-corrected chi connectivity index (χ3v) is 5.42. The maximum Gasteiger partial charge on any atom is 0.126 e. The third-order valence-electron chi connectivity index (χ3n) is 4.25. The summed E-state index contributed by atoms with van der Waals surface area (Å²) in [4.78, 5) is 0.316. The van der Waals surface area contributed by atoms with E-state index in [1.165, 1.54) is 16.3 Å². The van der Waals surface area contributed by atoms with E-state index >= 15 is 0 Å². The summed E-state index contributed by atoms with van der Waals surface area (Å²) in [6.45, 7) is 3.03. The lowest BCUT2D eigenvalue weighted by Gasteiger charge is -2.22. The molecule has 3 rings (SSSR count). The van der Waals surface area contributed by atoms with Crippen LogP contribution in [0, 0.1) is 5.92 Å². The Balaban J connectivity index is 2.07. The summed E-state index contributed by atoms with van der Waals surface area (Å²) in [5, 5.41) is 2.43. The van der Waals surface area contributed by atoms with Gasteiger partial charge in [0, 0.05) is 22.7 Å². The van der Waals surface area contributed by atoms with E-state index in [0.29, 0.717) is 16.8 Å². The largest absolute Gasteiger partial charge is 0.496 e. The van der Waals surface area contributed by atoms with Crippen molar-refractivity contribution in [2.45, 2.75) is 24.3 Å². The Bertz CT molecular complexity index is 611. The van der Waals surface area contributed by atoms with Crippen molar-refractivity contribution >= 4 is 26.7 Å². The van der Waals surface area contributed by atoms with Crippen molar-refractivity contribution in [3.63, 3.8) is 0 Å². The van der Waals surface area contributed by atoms with Gasteiger partial charge in [0.25, 0.3) is 0 Å². The Morgan fingerprint density at radius 1 is 1.20 bits per heavy atom. The molecule has 0 radical (unpaired) electrons. The lowest BCUT2D eigenvalue weighted by molar-refractivity contribution is 0.105. The van der Waals surface area contributed by atoms with E-state index in [1.54, 1.807) is 7.11 Å². The van der Waals surface area contributed by atoms with Crippen LogP contribution in [-0.2, 0) is 4.74 Å². The number of hydrogen-bond acceptors (Lipinski definition) is 2. The van der Waals surface area contributed by atoms with Gasteiger partial charge in [0.2, 0.25) is 0 Å². The first-order chi connectivity index (χ1) is 9.72. The minimum Gasteiger partial charge on any atom is -0.496 e. The molecule has 2 aromatic rings. The smallest absolute Gasteiger partial charge is 0.126 e. The van der Waals surface area contributed by atoms with Crippen LogP contribution in [0.25, 0.3) is 10.8 Å². The second-order valence-corrected chi connectivity index (χ2v) is 6.32. The van der Waals surface area contributed by atoms with Gasteiger partial charge < -0.3 is 9.47 Å². The molecule has 0 N–H and O–H groups in total. The van der Waals surface area contributed by atoms with Gasteiger partial charge in [-0.15, -0.1) is 0 Å². The van der Waals surface area contributed by atoms with Crippen molar-refractivity contribution in [1.29, 1.82) is 0 Å². The van der Waals surface area contributed by atoms with Crippen molar-refractivity contribution in [2.24, 2.45) is 5.92 Å². The van der Waals surface area contributed by atoms with E-state index in [9.17, 15) is 0 Å². The highest BCUT2D eigenvalue weighted by atomic mass is 79.9. The van der Waals surface area contributed by atoms with Gasteiger partial charge in [-0.3, -0.25) is 0 Å². The standard InChI is InChI=1S/C17H19BrO2/c1-11-12(9-10-20-11)17(18)15-7-8-16(19-2)14-6-4-3-5-13(14)15/h3-8,11-12,17H,9-10H2,1-2H3. The Labute approximate surface area is 128 Å². The Hall–Kier alpha value is -1.06. The Kier molecular flexibility index (Phi) is 3.99. The normalized spacial score (nSPS) is 23.9. The van der Waals surface area contributed by atoms with Crippen LogP contribution >= 0.6 is 15.9 Å². The van der Waals surface area contributed by atoms with Crippen LogP contribution in [0.15, 0.2) is 36.4 Å². The number of benzene rings is 2. The van der Waals surface area contributed by atoms with Gasteiger partial charge in [-0.2, -0.15) is 0 Å². The molecule has 3 heteroatoms. The van der Waals surface area contributed by atoms with Gasteiger partial charge in [0.05, 0.1) is 13.2 Å². The van der Waals surface area contributed by atoms with Gasteiger partial charge >= 0.3 is 0 Å². The fourth-order valence-electron chi connectivity index (χ4n) is 3.08. The maximum atomic E-state index is 5.71.